The zero-order valence-electron chi connectivity index (χ0n) is 16.1. The van der Waals surface area contributed by atoms with Crippen molar-refractivity contribution in [1.82, 2.24) is 4.90 Å². The molecule has 4 nitrogen and oxygen atoms in total. The summed E-state index contributed by atoms with van der Waals surface area (Å²) in [6.45, 7) is 2.99. The lowest BCUT2D eigenvalue weighted by atomic mass is 10.1. The number of hydrogen-bond acceptors (Lipinski definition) is 3. The van der Waals surface area contributed by atoms with Crippen molar-refractivity contribution in [1.29, 1.82) is 0 Å². The third kappa shape index (κ3) is 5.00. The van der Waals surface area contributed by atoms with Gasteiger partial charge in [-0.15, -0.1) is 0 Å². The van der Waals surface area contributed by atoms with Crippen molar-refractivity contribution in [3.8, 4) is 11.5 Å². The quantitative estimate of drug-likeness (QED) is 0.616. The van der Waals surface area contributed by atoms with E-state index in [1.807, 2.05) is 62.5 Å². The molecule has 0 aliphatic carbocycles. The first-order valence-corrected chi connectivity index (χ1v) is 9.05. The minimum atomic E-state index is 0.0666. The maximum absolute atomic E-state index is 12.4. The second-order valence-electron chi connectivity index (χ2n) is 6.71. The summed E-state index contributed by atoms with van der Waals surface area (Å²) < 4.78 is 10.9. The molecule has 0 heterocycles. The summed E-state index contributed by atoms with van der Waals surface area (Å²) >= 11 is 0. The van der Waals surface area contributed by atoms with Gasteiger partial charge in [0.1, 0.15) is 11.5 Å². The molecule has 0 saturated carbocycles. The smallest absolute Gasteiger partial charge is 0.226 e. The molecule has 0 saturated heterocycles. The van der Waals surface area contributed by atoms with Crippen LogP contribution < -0.4 is 9.47 Å². The molecule has 0 aliphatic rings. The molecule has 0 aromatic heterocycles. The highest BCUT2D eigenvalue weighted by Crippen LogP contribution is 2.22. The van der Waals surface area contributed by atoms with Crippen LogP contribution in [-0.2, 0) is 11.3 Å². The molecule has 27 heavy (non-hydrogen) atoms. The molecule has 0 radical (unpaired) electrons. The maximum atomic E-state index is 12.4. The number of aryl methyl sites for hydroxylation is 1. The summed E-state index contributed by atoms with van der Waals surface area (Å²) in [7, 11) is 3.49. The van der Waals surface area contributed by atoms with Crippen molar-refractivity contribution in [3.05, 3.63) is 71.8 Å². The molecule has 0 aliphatic heterocycles. The largest absolute Gasteiger partial charge is 0.497 e. The maximum Gasteiger partial charge on any atom is 0.226 e. The molecule has 3 rings (SSSR count). The highest BCUT2D eigenvalue weighted by atomic mass is 16.5. The fourth-order valence-electron chi connectivity index (χ4n) is 2.94. The fraction of sp³-hybridized carbons (Fsp3) is 0.261. The molecule has 1 amide bonds. The van der Waals surface area contributed by atoms with Gasteiger partial charge < -0.3 is 14.4 Å². The lowest BCUT2D eigenvalue weighted by Gasteiger charge is -2.18. The number of nitrogens with zero attached hydrogens (tertiary/aromatic N) is 1. The number of rotatable bonds is 7. The van der Waals surface area contributed by atoms with Gasteiger partial charge in [-0.05, 0) is 53.6 Å². The second kappa shape index (κ2) is 8.58. The van der Waals surface area contributed by atoms with Crippen molar-refractivity contribution in [2.45, 2.75) is 19.9 Å². The Bertz CT molecular complexity index is 919. The van der Waals surface area contributed by atoms with Crippen LogP contribution >= 0.6 is 0 Å². The number of benzene rings is 3. The SMILES string of the molecule is COc1ccc2cc(CN(C)C(=O)CCOc3ccc(C)cc3)ccc2c1. The van der Waals surface area contributed by atoms with Crippen LogP contribution in [0, 0.1) is 6.92 Å². The topological polar surface area (TPSA) is 38.8 Å². The van der Waals surface area contributed by atoms with Crippen LogP contribution in [0.2, 0.25) is 0 Å². The number of carbonyl (C=O) groups is 1. The van der Waals surface area contributed by atoms with Gasteiger partial charge in [0.15, 0.2) is 0 Å². The Morgan fingerprint density at radius 2 is 1.59 bits per heavy atom. The van der Waals surface area contributed by atoms with Gasteiger partial charge in [-0.3, -0.25) is 4.79 Å². The van der Waals surface area contributed by atoms with Gasteiger partial charge >= 0.3 is 0 Å². The molecule has 0 unspecified atom stereocenters. The van der Waals surface area contributed by atoms with Crippen LogP contribution in [-0.4, -0.2) is 31.6 Å². The zero-order chi connectivity index (χ0) is 19.2. The van der Waals surface area contributed by atoms with Gasteiger partial charge in [-0.25, -0.2) is 0 Å². The molecule has 140 valence electrons. The van der Waals surface area contributed by atoms with E-state index in [9.17, 15) is 4.79 Å². The van der Waals surface area contributed by atoms with Crippen molar-refractivity contribution in [3.63, 3.8) is 0 Å². The first-order chi connectivity index (χ1) is 13.0. The highest BCUT2D eigenvalue weighted by molar-refractivity contribution is 5.84. The van der Waals surface area contributed by atoms with Gasteiger partial charge in [0, 0.05) is 13.6 Å². The van der Waals surface area contributed by atoms with Crippen LogP contribution in [0.25, 0.3) is 10.8 Å². The predicted molar refractivity (Wildman–Crippen MR) is 108 cm³/mol. The Balaban J connectivity index is 1.54. The van der Waals surface area contributed by atoms with Gasteiger partial charge in [0.25, 0.3) is 0 Å². The van der Waals surface area contributed by atoms with Crippen LogP contribution in [0.4, 0.5) is 0 Å². The Hall–Kier alpha value is -3.01. The predicted octanol–water partition coefficient (Wildman–Crippen LogP) is 4.58. The van der Waals surface area contributed by atoms with E-state index in [0.29, 0.717) is 19.6 Å². The van der Waals surface area contributed by atoms with Gasteiger partial charge in [0.05, 0.1) is 20.1 Å². The average molecular weight is 363 g/mol. The van der Waals surface area contributed by atoms with Gasteiger partial charge in [0.2, 0.25) is 5.91 Å². The van der Waals surface area contributed by atoms with Crippen LogP contribution in [0.1, 0.15) is 17.5 Å². The van der Waals surface area contributed by atoms with Crippen molar-refractivity contribution in [2.24, 2.45) is 0 Å². The molecule has 4 heteroatoms. The van der Waals surface area contributed by atoms with Crippen molar-refractivity contribution >= 4 is 16.7 Å². The average Bonchev–Trinajstić information content (AvgIpc) is 2.69. The summed E-state index contributed by atoms with van der Waals surface area (Å²) in [6, 6.07) is 20.1. The molecule has 0 spiro atoms. The minimum Gasteiger partial charge on any atom is -0.497 e. The summed E-state index contributed by atoms with van der Waals surface area (Å²) in [5.74, 6) is 1.70. The van der Waals surface area contributed by atoms with E-state index in [2.05, 4.69) is 12.1 Å². The van der Waals surface area contributed by atoms with Crippen LogP contribution in [0.15, 0.2) is 60.7 Å². The van der Waals surface area contributed by atoms with E-state index in [-0.39, 0.29) is 5.91 Å². The van der Waals surface area contributed by atoms with Crippen LogP contribution in [0.3, 0.4) is 0 Å². The third-order valence-corrected chi connectivity index (χ3v) is 4.56. The highest BCUT2D eigenvalue weighted by Gasteiger charge is 2.10. The van der Waals surface area contributed by atoms with Gasteiger partial charge in [-0.2, -0.15) is 0 Å². The monoisotopic (exact) mass is 363 g/mol. The van der Waals surface area contributed by atoms with E-state index in [0.717, 1.165) is 27.8 Å². The Kier molecular flexibility index (Phi) is 5.97. The first kappa shape index (κ1) is 18.8. The molecular formula is C23H25NO3. The van der Waals surface area contributed by atoms with Gasteiger partial charge in [-0.1, -0.05) is 35.9 Å². The molecule has 0 atom stereocenters. The normalized spacial score (nSPS) is 10.6. The minimum absolute atomic E-state index is 0.0666. The number of fused-ring (bicyclic) bond motifs is 1. The Morgan fingerprint density at radius 1 is 0.926 bits per heavy atom. The number of methoxy groups -OCH3 is 1. The molecule has 0 N–H and O–H groups in total. The summed E-state index contributed by atoms with van der Waals surface area (Å²) in [5, 5.41) is 2.26. The van der Waals surface area contributed by atoms with E-state index < -0.39 is 0 Å². The number of hydrogen-bond donors (Lipinski definition) is 0. The Labute approximate surface area is 160 Å². The number of amides is 1. The summed E-state index contributed by atoms with van der Waals surface area (Å²) in [4.78, 5) is 14.1. The van der Waals surface area contributed by atoms with E-state index in [4.69, 9.17) is 9.47 Å². The van der Waals surface area contributed by atoms with Crippen molar-refractivity contribution in [2.75, 3.05) is 20.8 Å². The summed E-state index contributed by atoms with van der Waals surface area (Å²) in [6.07, 6.45) is 0.356. The Morgan fingerprint density at radius 3 is 2.33 bits per heavy atom. The zero-order valence-corrected chi connectivity index (χ0v) is 16.1. The van der Waals surface area contributed by atoms with Crippen molar-refractivity contribution < 1.29 is 14.3 Å². The van der Waals surface area contributed by atoms with E-state index >= 15 is 0 Å². The first-order valence-electron chi connectivity index (χ1n) is 9.05. The van der Waals surface area contributed by atoms with Crippen LogP contribution in [0.5, 0.6) is 11.5 Å². The molecule has 0 fully saturated rings. The molecular weight excluding hydrogens is 338 g/mol. The standard InChI is InChI=1S/C23H25NO3/c1-17-4-9-21(10-5-17)27-13-12-23(25)24(2)16-18-6-7-20-15-22(26-3)11-8-19(20)14-18/h4-11,14-15H,12-13,16H2,1-3H3. The molecule has 3 aromatic carbocycles. The summed E-state index contributed by atoms with van der Waals surface area (Å²) in [5.41, 5.74) is 2.29. The number of ether oxygens (including phenoxy) is 2. The molecule has 0 bridgehead atoms. The fourth-order valence-corrected chi connectivity index (χ4v) is 2.94. The molecule has 3 aromatic rings. The number of carbonyl (C=O) groups excluding carboxylic acids is 1. The lowest BCUT2D eigenvalue weighted by Crippen LogP contribution is -2.27. The third-order valence-electron chi connectivity index (χ3n) is 4.56. The second-order valence-corrected chi connectivity index (χ2v) is 6.71. The lowest BCUT2D eigenvalue weighted by molar-refractivity contribution is -0.130. The van der Waals surface area contributed by atoms with E-state index in [1.165, 1.54) is 5.56 Å². The van der Waals surface area contributed by atoms with E-state index in [1.54, 1.807) is 12.0 Å².